The minimum absolute atomic E-state index is 0.0178. The summed E-state index contributed by atoms with van der Waals surface area (Å²) in [7, 11) is -3.86. The standard InChI is InChI=1S/C11H15N3O5S/c12-9(4-5-10(15)16)11(17)14-7-2-1-3-8(6-7)20(13,18)19/h1-3,6,9H,4-5,12H2,(H,14,17)(H,15,16)(H2,13,18,19). The molecule has 0 fully saturated rings. The van der Waals surface area contributed by atoms with Crippen LogP contribution in [0.15, 0.2) is 29.2 Å². The van der Waals surface area contributed by atoms with Crippen molar-refractivity contribution >= 4 is 27.6 Å². The topological polar surface area (TPSA) is 153 Å². The van der Waals surface area contributed by atoms with Crippen LogP contribution in [0.3, 0.4) is 0 Å². The van der Waals surface area contributed by atoms with E-state index in [9.17, 15) is 18.0 Å². The van der Waals surface area contributed by atoms with Crippen LogP contribution in [0, 0.1) is 0 Å². The molecule has 1 atom stereocenters. The van der Waals surface area contributed by atoms with Crippen LogP contribution in [-0.2, 0) is 19.6 Å². The average molecular weight is 301 g/mol. The molecule has 0 aliphatic rings. The van der Waals surface area contributed by atoms with Gasteiger partial charge in [-0.1, -0.05) is 6.07 Å². The Morgan fingerprint density at radius 1 is 1.35 bits per heavy atom. The average Bonchev–Trinajstić information content (AvgIpc) is 2.35. The van der Waals surface area contributed by atoms with E-state index < -0.39 is 27.9 Å². The molecule has 1 aromatic carbocycles. The van der Waals surface area contributed by atoms with Gasteiger partial charge in [-0.25, -0.2) is 13.6 Å². The molecule has 0 bridgehead atoms. The largest absolute Gasteiger partial charge is 0.481 e. The Kier molecular flexibility index (Phi) is 5.19. The Bertz CT molecular complexity index is 614. The van der Waals surface area contributed by atoms with Crippen LogP contribution >= 0.6 is 0 Å². The SMILES string of the molecule is NC(CCC(=O)O)C(=O)Nc1cccc(S(N)(=O)=O)c1. The molecule has 1 rings (SSSR count). The molecule has 0 aliphatic carbocycles. The Morgan fingerprint density at radius 3 is 2.55 bits per heavy atom. The first kappa shape index (κ1) is 16.1. The molecule has 20 heavy (non-hydrogen) atoms. The minimum Gasteiger partial charge on any atom is -0.481 e. The maximum Gasteiger partial charge on any atom is 0.303 e. The Balaban J connectivity index is 2.73. The smallest absolute Gasteiger partial charge is 0.303 e. The van der Waals surface area contributed by atoms with Crippen LogP contribution < -0.4 is 16.2 Å². The highest BCUT2D eigenvalue weighted by molar-refractivity contribution is 7.89. The number of anilines is 1. The fourth-order valence-electron chi connectivity index (χ4n) is 1.40. The molecule has 0 saturated heterocycles. The minimum atomic E-state index is -3.86. The zero-order valence-corrected chi connectivity index (χ0v) is 11.3. The second kappa shape index (κ2) is 6.46. The molecular formula is C11H15N3O5S. The highest BCUT2D eigenvalue weighted by Gasteiger charge is 2.16. The van der Waals surface area contributed by atoms with Gasteiger partial charge in [-0.2, -0.15) is 0 Å². The summed E-state index contributed by atoms with van der Waals surface area (Å²) < 4.78 is 22.3. The highest BCUT2D eigenvalue weighted by atomic mass is 32.2. The van der Waals surface area contributed by atoms with E-state index in [1.54, 1.807) is 0 Å². The first-order valence-electron chi connectivity index (χ1n) is 5.61. The van der Waals surface area contributed by atoms with Crippen LogP contribution in [0.5, 0.6) is 0 Å². The molecule has 0 spiro atoms. The number of hydrogen-bond acceptors (Lipinski definition) is 5. The van der Waals surface area contributed by atoms with Crippen molar-refractivity contribution in [3.63, 3.8) is 0 Å². The predicted octanol–water partition coefficient (Wildman–Crippen LogP) is -0.535. The number of sulfonamides is 1. The monoisotopic (exact) mass is 301 g/mol. The van der Waals surface area contributed by atoms with E-state index in [-0.39, 0.29) is 23.4 Å². The third kappa shape index (κ3) is 4.96. The normalized spacial score (nSPS) is 12.7. The lowest BCUT2D eigenvalue weighted by molar-refractivity contribution is -0.137. The molecule has 110 valence electrons. The van der Waals surface area contributed by atoms with E-state index in [2.05, 4.69) is 5.32 Å². The predicted molar refractivity (Wildman–Crippen MR) is 71.3 cm³/mol. The molecule has 0 heterocycles. The van der Waals surface area contributed by atoms with E-state index in [1.807, 2.05) is 0 Å². The van der Waals surface area contributed by atoms with Crippen molar-refractivity contribution < 1.29 is 23.1 Å². The van der Waals surface area contributed by atoms with Crippen molar-refractivity contribution in [2.45, 2.75) is 23.8 Å². The summed E-state index contributed by atoms with van der Waals surface area (Å²) in [6, 6.07) is 4.37. The van der Waals surface area contributed by atoms with Crippen molar-refractivity contribution in [2.24, 2.45) is 10.9 Å². The van der Waals surface area contributed by atoms with Crippen LogP contribution in [0.2, 0.25) is 0 Å². The van der Waals surface area contributed by atoms with Crippen LogP contribution in [0.25, 0.3) is 0 Å². The highest BCUT2D eigenvalue weighted by Crippen LogP contribution is 2.14. The summed E-state index contributed by atoms with van der Waals surface area (Å²) in [6.45, 7) is 0. The van der Waals surface area contributed by atoms with Gasteiger partial charge in [0.25, 0.3) is 0 Å². The fraction of sp³-hybridized carbons (Fsp3) is 0.273. The van der Waals surface area contributed by atoms with Gasteiger partial charge in [-0.3, -0.25) is 9.59 Å². The first-order valence-corrected chi connectivity index (χ1v) is 7.16. The lowest BCUT2D eigenvalue weighted by atomic mass is 10.1. The van der Waals surface area contributed by atoms with Gasteiger partial charge in [0.2, 0.25) is 15.9 Å². The van der Waals surface area contributed by atoms with E-state index in [0.717, 1.165) is 0 Å². The molecule has 0 radical (unpaired) electrons. The molecule has 9 heteroatoms. The van der Waals surface area contributed by atoms with Crippen LogP contribution in [0.4, 0.5) is 5.69 Å². The lowest BCUT2D eigenvalue weighted by Crippen LogP contribution is -2.36. The Labute approximate surface area is 115 Å². The quantitative estimate of drug-likeness (QED) is 0.553. The number of amides is 1. The number of aliphatic carboxylic acids is 1. The van der Waals surface area contributed by atoms with E-state index in [4.69, 9.17) is 16.0 Å². The number of rotatable bonds is 6. The zero-order chi connectivity index (χ0) is 15.3. The number of carbonyl (C=O) groups excluding carboxylic acids is 1. The number of nitrogens with one attached hydrogen (secondary N) is 1. The number of primary sulfonamides is 1. The molecule has 1 unspecified atom stereocenters. The van der Waals surface area contributed by atoms with Crippen molar-refractivity contribution in [3.8, 4) is 0 Å². The summed E-state index contributed by atoms with van der Waals surface area (Å²) in [6.07, 6.45) is -0.248. The summed E-state index contributed by atoms with van der Waals surface area (Å²) in [5.74, 6) is -1.65. The summed E-state index contributed by atoms with van der Waals surface area (Å²) in [4.78, 5) is 21.9. The van der Waals surface area contributed by atoms with Gasteiger partial charge >= 0.3 is 5.97 Å². The third-order valence-electron chi connectivity index (χ3n) is 2.44. The van der Waals surface area contributed by atoms with Crippen molar-refractivity contribution in [2.75, 3.05) is 5.32 Å². The first-order chi connectivity index (χ1) is 9.20. The van der Waals surface area contributed by atoms with Crippen molar-refractivity contribution in [1.82, 2.24) is 0 Å². The van der Waals surface area contributed by atoms with Crippen LogP contribution in [0.1, 0.15) is 12.8 Å². The Hall–Kier alpha value is -1.97. The van der Waals surface area contributed by atoms with Crippen molar-refractivity contribution in [3.05, 3.63) is 24.3 Å². The number of carbonyl (C=O) groups is 2. The number of benzene rings is 1. The Morgan fingerprint density at radius 2 is 2.00 bits per heavy atom. The van der Waals surface area contributed by atoms with Gasteiger partial charge < -0.3 is 16.2 Å². The molecule has 1 amide bonds. The molecular weight excluding hydrogens is 286 g/mol. The summed E-state index contributed by atoms with van der Waals surface area (Å²) >= 11 is 0. The molecule has 0 aliphatic heterocycles. The second-order valence-electron chi connectivity index (χ2n) is 4.10. The fourth-order valence-corrected chi connectivity index (χ4v) is 1.96. The molecule has 8 nitrogen and oxygen atoms in total. The zero-order valence-electron chi connectivity index (χ0n) is 10.4. The van der Waals surface area contributed by atoms with E-state index in [0.29, 0.717) is 0 Å². The third-order valence-corrected chi connectivity index (χ3v) is 3.35. The maximum atomic E-state index is 11.7. The van der Waals surface area contributed by atoms with Gasteiger partial charge in [0, 0.05) is 12.1 Å². The van der Waals surface area contributed by atoms with Crippen LogP contribution in [-0.4, -0.2) is 31.4 Å². The van der Waals surface area contributed by atoms with Gasteiger partial charge in [-0.15, -0.1) is 0 Å². The van der Waals surface area contributed by atoms with E-state index in [1.165, 1.54) is 24.3 Å². The number of carboxylic acid groups (broad SMARTS) is 1. The van der Waals surface area contributed by atoms with Gasteiger partial charge in [0.05, 0.1) is 10.9 Å². The number of nitrogens with two attached hydrogens (primary N) is 2. The van der Waals surface area contributed by atoms with E-state index >= 15 is 0 Å². The van der Waals surface area contributed by atoms with Gasteiger partial charge in [0.15, 0.2) is 0 Å². The second-order valence-corrected chi connectivity index (χ2v) is 5.66. The number of carboxylic acids is 1. The van der Waals surface area contributed by atoms with Gasteiger partial charge in [-0.05, 0) is 24.6 Å². The molecule has 0 saturated carbocycles. The van der Waals surface area contributed by atoms with Gasteiger partial charge in [0.1, 0.15) is 0 Å². The molecule has 1 aromatic rings. The molecule has 6 N–H and O–H groups in total. The summed E-state index contributed by atoms with van der Waals surface area (Å²) in [5.41, 5.74) is 5.73. The lowest BCUT2D eigenvalue weighted by Gasteiger charge is -2.11. The molecule has 0 aromatic heterocycles. The number of hydrogen-bond donors (Lipinski definition) is 4. The van der Waals surface area contributed by atoms with Crippen molar-refractivity contribution in [1.29, 1.82) is 0 Å². The summed E-state index contributed by atoms with van der Waals surface area (Å²) in [5, 5.41) is 15.9. The maximum absolute atomic E-state index is 11.7.